The smallest absolute Gasteiger partial charge is 0.314 e. The quantitative estimate of drug-likeness (QED) is 0.522. The summed E-state index contributed by atoms with van der Waals surface area (Å²) in [4.78, 5) is 17.4. The van der Waals surface area contributed by atoms with E-state index in [2.05, 4.69) is 23.6 Å². The number of benzene rings is 1. The average molecular weight is 477 g/mol. The number of esters is 1. The fraction of sp³-hybridized carbons (Fsp3) is 0.654. The van der Waals surface area contributed by atoms with E-state index in [0.29, 0.717) is 30.1 Å². The van der Waals surface area contributed by atoms with Gasteiger partial charge < -0.3 is 9.84 Å². The number of nitrogens with zero attached hydrogens (tertiary/aromatic N) is 2. The van der Waals surface area contributed by atoms with Crippen molar-refractivity contribution in [1.29, 1.82) is 0 Å². The van der Waals surface area contributed by atoms with Crippen LogP contribution in [0, 0.1) is 17.2 Å². The number of carbonyl (C=O) groups excluding carboxylic acids is 1. The summed E-state index contributed by atoms with van der Waals surface area (Å²) < 4.78 is 20.1. The van der Waals surface area contributed by atoms with Crippen molar-refractivity contribution in [3.05, 3.63) is 45.7 Å². The maximum Gasteiger partial charge on any atom is 0.314 e. The zero-order valence-electron chi connectivity index (χ0n) is 19.6. The Morgan fingerprint density at radius 2 is 1.91 bits per heavy atom. The van der Waals surface area contributed by atoms with Crippen LogP contribution in [0.25, 0.3) is 0 Å². The van der Waals surface area contributed by atoms with Crippen molar-refractivity contribution in [2.45, 2.75) is 64.2 Å². The van der Waals surface area contributed by atoms with E-state index in [1.807, 2.05) is 0 Å². The average Bonchev–Trinajstić information content (AvgIpc) is 3.02. The molecule has 2 unspecified atom stereocenters. The number of halogens is 2. The second kappa shape index (κ2) is 8.63. The van der Waals surface area contributed by atoms with E-state index in [4.69, 9.17) is 16.3 Å². The van der Waals surface area contributed by atoms with Crippen molar-refractivity contribution in [3.63, 3.8) is 0 Å². The highest BCUT2D eigenvalue weighted by Gasteiger charge is 2.63. The third-order valence-corrected chi connectivity index (χ3v) is 9.01. The standard InChI is InChI=1S/C26H34ClFN2O3/c1-17-5-4-8-25(2)9-10-26(32)19(24(31)33-23(26)22(17)25)16-30-13-11-29(12-14-30)15-18-20(27)6-3-7-21(18)28/h3,6-7,19,23,32H,4-5,8-16H2,1-2H3/t19?,23-,25+,26?/m0/s1. The Morgan fingerprint density at radius 1 is 1.18 bits per heavy atom. The van der Waals surface area contributed by atoms with Crippen LogP contribution in [-0.4, -0.2) is 65.3 Å². The van der Waals surface area contributed by atoms with Crippen LogP contribution in [0.5, 0.6) is 0 Å². The number of hydrogen-bond donors (Lipinski definition) is 1. The number of carbonyl (C=O) groups is 1. The summed E-state index contributed by atoms with van der Waals surface area (Å²) in [7, 11) is 0. The van der Waals surface area contributed by atoms with Crippen LogP contribution in [0.2, 0.25) is 5.02 Å². The van der Waals surface area contributed by atoms with E-state index in [9.17, 15) is 14.3 Å². The minimum Gasteiger partial charge on any atom is -0.454 e. The summed E-state index contributed by atoms with van der Waals surface area (Å²) in [5, 5.41) is 12.2. The predicted molar refractivity (Wildman–Crippen MR) is 125 cm³/mol. The van der Waals surface area contributed by atoms with E-state index < -0.39 is 17.6 Å². The molecule has 2 heterocycles. The number of ether oxygens (including phenoxy) is 1. The van der Waals surface area contributed by atoms with E-state index in [1.165, 1.54) is 17.2 Å². The number of rotatable bonds is 4. The second-order valence-electron chi connectivity index (χ2n) is 10.7. The Kier molecular flexibility index (Phi) is 6.09. The van der Waals surface area contributed by atoms with Gasteiger partial charge in [0.2, 0.25) is 0 Å². The van der Waals surface area contributed by atoms with Gasteiger partial charge in [0, 0.05) is 49.9 Å². The molecule has 2 aliphatic heterocycles. The molecule has 4 aliphatic rings. The van der Waals surface area contributed by atoms with Crippen LogP contribution in [0.3, 0.4) is 0 Å². The lowest BCUT2D eigenvalue weighted by atomic mass is 9.58. The molecule has 1 aromatic rings. The maximum absolute atomic E-state index is 14.2. The number of piperazine rings is 1. The van der Waals surface area contributed by atoms with Gasteiger partial charge in [0.25, 0.3) is 0 Å². The summed E-state index contributed by atoms with van der Waals surface area (Å²) in [6.45, 7) is 8.43. The van der Waals surface area contributed by atoms with Crippen molar-refractivity contribution in [2.75, 3.05) is 32.7 Å². The van der Waals surface area contributed by atoms with Crippen LogP contribution in [0.1, 0.15) is 51.5 Å². The number of allylic oxidation sites excluding steroid dienone is 1. The summed E-state index contributed by atoms with van der Waals surface area (Å²) >= 11 is 6.20. The fourth-order valence-corrected chi connectivity index (χ4v) is 6.86. The topological polar surface area (TPSA) is 53.0 Å². The highest BCUT2D eigenvalue weighted by atomic mass is 35.5. The largest absolute Gasteiger partial charge is 0.454 e. The number of fused-ring (bicyclic) bond motifs is 3. The molecule has 2 aliphatic carbocycles. The van der Waals surface area contributed by atoms with Gasteiger partial charge >= 0.3 is 5.97 Å². The first-order chi connectivity index (χ1) is 15.7. The molecule has 0 spiro atoms. The third kappa shape index (κ3) is 4.03. The minimum atomic E-state index is -1.12. The number of aliphatic hydroxyl groups is 1. The van der Waals surface area contributed by atoms with Gasteiger partial charge in [0.1, 0.15) is 17.3 Å². The van der Waals surface area contributed by atoms with Gasteiger partial charge in [-0.15, -0.1) is 0 Å². The molecular weight excluding hydrogens is 443 g/mol. The molecule has 1 N–H and O–H groups in total. The summed E-state index contributed by atoms with van der Waals surface area (Å²) in [6, 6.07) is 4.78. The van der Waals surface area contributed by atoms with Crippen LogP contribution in [0.4, 0.5) is 4.39 Å². The van der Waals surface area contributed by atoms with Crippen molar-refractivity contribution in [2.24, 2.45) is 11.3 Å². The predicted octanol–water partition coefficient (Wildman–Crippen LogP) is 4.17. The van der Waals surface area contributed by atoms with Gasteiger partial charge in [0.15, 0.2) is 6.10 Å². The van der Waals surface area contributed by atoms with E-state index in [1.54, 1.807) is 12.1 Å². The van der Waals surface area contributed by atoms with Gasteiger partial charge in [-0.2, -0.15) is 0 Å². The Labute approximate surface area is 200 Å². The van der Waals surface area contributed by atoms with Crippen molar-refractivity contribution in [1.82, 2.24) is 9.80 Å². The third-order valence-electron chi connectivity index (χ3n) is 8.65. The first-order valence-corrected chi connectivity index (χ1v) is 12.6. The van der Waals surface area contributed by atoms with E-state index in [0.717, 1.165) is 51.9 Å². The molecule has 0 radical (unpaired) electrons. The summed E-state index contributed by atoms with van der Waals surface area (Å²) in [6.07, 6.45) is 4.29. The fourth-order valence-electron chi connectivity index (χ4n) is 6.63. The molecule has 0 bridgehead atoms. The SMILES string of the molecule is CC1=C2[C@@H]3OC(=O)C(CN4CCN(Cc5c(F)cccc5Cl)CC4)C3(O)CC[C@@]2(C)CCC1. The molecule has 4 atom stereocenters. The molecule has 2 saturated heterocycles. The second-order valence-corrected chi connectivity index (χ2v) is 11.2. The maximum atomic E-state index is 14.2. The van der Waals surface area contributed by atoms with Gasteiger partial charge in [0.05, 0.1) is 0 Å². The van der Waals surface area contributed by atoms with E-state index in [-0.39, 0.29) is 17.2 Å². The van der Waals surface area contributed by atoms with Gasteiger partial charge in [-0.3, -0.25) is 14.6 Å². The first-order valence-electron chi connectivity index (χ1n) is 12.2. The molecule has 3 fully saturated rings. The molecule has 0 amide bonds. The van der Waals surface area contributed by atoms with Crippen LogP contribution in [0.15, 0.2) is 29.3 Å². The monoisotopic (exact) mass is 476 g/mol. The Hall–Kier alpha value is -1.47. The molecule has 180 valence electrons. The molecule has 1 saturated carbocycles. The van der Waals surface area contributed by atoms with Crippen molar-refractivity contribution < 1.29 is 19.0 Å². The van der Waals surface area contributed by atoms with Crippen molar-refractivity contribution in [3.8, 4) is 0 Å². The molecular formula is C26H34ClFN2O3. The van der Waals surface area contributed by atoms with Gasteiger partial charge in [-0.25, -0.2) is 4.39 Å². The lowest BCUT2D eigenvalue weighted by Crippen LogP contribution is -2.56. The normalized spacial score (nSPS) is 35.4. The van der Waals surface area contributed by atoms with E-state index >= 15 is 0 Å². The highest BCUT2D eigenvalue weighted by Crippen LogP contribution is 2.57. The van der Waals surface area contributed by atoms with Crippen molar-refractivity contribution >= 4 is 17.6 Å². The molecule has 5 rings (SSSR count). The van der Waals surface area contributed by atoms with Gasteiger partial charge in [-0.1, -0.05) is 30.2 Å². The Balaban J connectivity index is 1.25. The molecule has 7 heteroatoms. The minimum absolute atomic E-state index is 0.0357. The zero-order valence-corrected chi connectivity index (χ0v) is 20.3. The highest BCUT2D eigenvalue weighted by molar-refractivity contribution is 6.31. The van der Waals surface area contributed by atoms with Crippen LogP contribution in [-0.2, 0) is 16.1 Å². The molecule has 5 nitrogen and oxygen atoms in total. The Morgan fingerprint density at radius 3 is 2.64 bits per heavy atom. The van der Waals surface area contributed by atoms with Crippen LogP contribution < -0.4 is 0 Å². The lowest BCUT2D eigenvalue weighted by molar-refractivity contribution is -0.144. The van der Waals surface area contributed by atoms with Crippen LogP contribution >= 0.6 is 11.6 Å². The number of hydrogen-bond acceptors (Lipinski definition) is 5. The molecule has 33 heavy (non-hydrogen) atoms. The molecule has 0 aromatic heterocycles. The zero-order chi connectivity index (χ0) is 23.4. The summed E-state index contributed by atoms with van der Waals surface area (Å²) in [5.41, 5.74) is 1.92. The lowest BCUT2D eigenvalue weighted by Gasteiger charge is -2.49. The first kappa shape index (κ1) is 23.3. The molecule has 1 aromatic carbocycles. The van der Waals surface area contributed by atoms with Gasteiger partial charge in [-0.05, 0) is 62.1 Å². The summed E-state index contributed by atoms with van der Waals surface area (Å²) in [5.74, 6) is -1.07. The Bertz CT molecular complexity index is 956.